The minimum absolute atomic E-state index is 0. The number of hydrogen-bond acceptors (Lipinski definition) is 4. The Balaban J connectivity index is 0.00000220. The first-order valence-corrected chi connectivity index (χ1v) is 7.45. The maximum atomic E-state index is 5.77. The Bertz CT molecular complexity index is 378. The molecule has 1 N–H and O–H groups in total. The number of piperidine rings is 1. The van der Waals surface area contributed by atoms with Crippen LogP contribution in [-0.4, -0.2) is 51.8 Å². The third-order valence-corrected chi connectivity index (χ3v) is 3.94. The molecule has 2 rings (SSSR count). The van der Waals surface area contributed by atoms with Crippen LogP contribution in [0.1, 0.15) is 12.8 Å². The third kappa shape index (κ3) is 6.12. The van der Waals surface area contributed by atoms with Gasteiger partial charge in [0.05, 0.1) is 7.11 Å². The highest BCUT2D eigenvalue weighted by molar-refractivity contribution is 5.85. The maximum absolute atomic E-state index is 5.77. The molecule has 0 atom stereocenters. The van der Waals surface area contributed by atoms with Crippen molar-refractivity contribution < 1.29 is 9.47 Å². The Morgan fingerprint density at radius 3 is 2.33 bits per heavy atom. The Hall–Kier alpha value is -0.970. The van der Waals surface area contributed by atoms with Crippen molar-refractivity contribution in [1.82, 2.24) is 10.2 Å². The fourth-order valence-electron chi connectivity index (χ4n) is 2.67. The molecule has 0 bridgehead atoms. The molecular weight excluding hydrogens is 288 g/mol. The van der Waals surface area contributed by atoms with E-state index < -0.39 is 0 Å². The quantitative estimate of drug-likeness (QED) is 0.838. The first-order valence-electron chi connectivity index (χ1n) is 7.45. The molecule has 120 valence electrons. The molecule has 0 spiro atoms. The van der Waals surface area contributed by atoms with Crippen LogP contribution in [0.15, 0.2) is 24.3 Å². The van der Waals surface area contributed by atoms with Gasteiger partial charge >= 0.3 is 0 Å². The zero-order chi connectivity index (χ0) is 14.2. The summed E-state index contributed by atoms with van der Waals surface area (Å²) in [6, 6.07) is 7.77. The lowest BCUT2D eigenvalue weighted by Gasteiger charge is -2.31. The van der Waals surface area contributed by atoms with Gasteiger partial charge in [0, 0.05) is 6.54 Å². The average molecular weight is 315 g/mol. The second kappa shape index (κ2) is 9.87. The van der Waals surface area contributed by atoms with Crippen LogP contribution < -0.4 is 14.8 Å². The molecule has 0 amide bonds. The normalized spacial score (nSPS) is 16.3. The van der Waals surface area contributed by atoms with E-state index in [0.717, 1.165) is 37.1 Å². The van der Waals surface area contributed by atoms with Crippen molar-refractivity contribution in [3.05, 3.63) is 24.3 Å². The average Bonchev–Trinajstić information content (AvgIpc) is 2.50. The number of nitrogens with zero attached hydrogens (tertiary/aromatic N) is 1. The molecule has 21 heavy (non-hydrogen) atoms. The lowest BCUT2D eigenvalue weighted by atomic mass is 9.97. The summed E-state index contributed by atoms with van der Waals surface area (Å²) in [4.78, 5) is 2.50. The molecule has 1 saturated heterocycles. The minimum atomic E-state index is 0. The second-order valence-electron chi connectivity index (χ2n) is 5.37. The highest BCUT2D eigenvalue weighted by Gasteiger charge is 2.18. The summed E-state index contributed by atoms with van der Waals surface area (Å²) in [5, 5.41) is 3.27. The number of methoxy groups -OCH3 is 1. The maximum Gasteiger partial charge on any atom is 0.119 e. The lowest BCUT2D eigenvalue weighted by Crippen LogP contribution is -2.38. The lowest BCUT2D eigenvalue weighted by molar-refractivity contribution is 0.154. The van der Waals surface area contributed by atoms with Crippen molar-refractivity contribution in [2.45, 2.75) is 12.8 Å². The Kier molecular flexibility index (Phi) is 8.50. The standard InChI is InChI=1S/C16H26N2O2.ClH/c1-17-13-14-7-9-18(10-8-14)11-12-20-16-5-3-15(19-2)4-6-16;/h3-6,14,17H,7-13H2,1-2H3;1H. The van der Waals surface area contributed by atoms with Crippen molar-refractivity contribution in [1.29, 1.82) is 0 Å². The van der Waals surface area contributed by atoms with Crippen molar-refractivity contribution in [3.63, 3.8) is 0 Å². The monoisotopic (exact) mass is 314 g/mol. The SMILES string of the molecule is CNCC1CCN(CCOc2ccc(OC)cc2)CC1.Cl. The predicted octanol–water partition coefficient (Wildman–Crippen LogP) is 2.43. The predicted molar refractivity (Wildman–Crippen MR) is 88.8 cm³/mol. The van der Waals surface area contributed by atoms with Crippen LogP contribution in [0.2, 0.25) is 0 Å². The van der Waals surface area contributed by atoms with Gasteiger partial charge in [0.25, 0.3) is 0 Å². The van der Waals surface area contributed by atoms with Gasteiger partial charge in [0.2, 0.25) is 0 Å². The van der Waals surface area contributed by atoms with Crippen molar-refractivity contribution in [3.8, 4) is 11.5 Å². The summed E-state index contributed by atoms with van der Waals surface area (Å²) < 4.78 is 10.9. The summed E-state index contributed by atoms with van der Waals surface area (Å²) in [5.74, 6) is 2.62. The van der Waals surface area contributed by atoms with E-state index in [2.05, 4.69) is 10.2 Å². The summed E-state index contributed by atoms with van der Waals surface area (Å²) in [6.07, 6.45) is 2.59. The smallest absolute Gasteiger partial charge is 0.119 e. The molecule has 1 aromatic rings. The van der Waals surface area contributed by atoms with Crippen molar-refractivity contribution in [2.24, 2.45) is 5.92 Å². The van der Waals surface area contributed by atoms with E-state index in [1.807, 2.05) is 31.3 Å². The van der Waals surface area contributed by atoms with E-state index >= 15 is 0 Å². The van der Waals surface area contributed by atoms with Gasteiger partial charge in [-0.15, -0.1) is 12.4 Å². The van der Waals surface area contributed by atoms with Gasteiger partial charge in [0.15, 0.2) is 0 Å². The van der Waals surface area contributed by atoms with Crippen LogP contribution in [0.25, 0.3) is 0 Å². The van der Waals surface area contributed by atoms with Crippen LogP contribution in [-0.2, 0) is 0 Å². The van der Waals surface area contributed by atoms with E-state index in [4.69, 9.17) is 9.47 Å². The van der Waals surface area contributed by atoms with Gasteiger partial charge in [-0.3, -0.25) is 4.90 Å². The van der Waals surface area contributed by atoms with E-state index in [0.29, 0.717) is 0 Å². The van der Waals surface area contributed by atoms with Gasteiger partial charge in [-0.1, -0.05) is 0 Å². The largest absolute Gasteiger partial charge is 0.497 e. The molecule has 1 fully saturated rings. The molecule has 0 unspecified atom stereocenters. The molecule has 0 radical (unpaired) electrons. The molecule has 0 aromatic heterocycles. The fourth-order valence-corrected chi connectivity index (χ4v) is 2.67. The summed E-state index contributed by atoms with van der Waals surface area (Å²) in [6.45, 7) is 5.30. The molecule has 1 heterocycles. The number of nitrogens with one attached hydrogen (secondary N) is 1. The number of hydrogen-bond donors (Lipinski definition) is 1. The second-order valence-corrected chi connectivity index (χ2v) is 5.37. The number of rotatable bonds is 7. The van der Waals surface area contributed by atoms with Gasteiger partial charge in [-0.25, -0.2) is 0 Å². The van der Waals surface area contributed by atoms with Crippen LogP contribution >= 0.6 is 12.4 Å². The third-order valence-electron chi connectivity index (χ3n) is 3.94. The highest BCUT2D eigenvalue weighted by atomic mass is 35.5. The summed E-state index contributed by atoms with van der Waals surface area (Å²) in [7, 11) is 3.71. The van der Waals surface area contributed by atoms with Crippen molar-refractivity contribution >= 4 is 12.4 Å². The van der Waals surface area contributed by atoms with Gasteiger partial charge in [0.1, 0.15) is 18.1 Å². The number of ether oxygens (including phenoxy) is 2. The van der Waals surface area contributed by atoms with Gasteiger partial charge in [-0.05, 0) is 69.7 Å². The zero-order valence-corrected chi connectivity index (χ0v) is 13.8. The van der Waals surface area contributed by atoms with Gasteiger partial charge in [-0.2, -0.15) is 0 Å². The van der Waals surface area contributed by atoms with E-state index in [1.165, 1.54) is 25.9 Å². The van der Waals surface area contributed by atoms with Gasteiger partial charge < -0.3 is 14.8 Å². The fraction of sp³-hybridized carbons (Fsp3) is 0.625. The molecular formula is C16H27ClN2O2. The number of halogens is 1. The molecule has 1 aliphatic rings. The summed E-state index contributed by atoms with van der Waals surface area (Å²) in [5.41, 5.74) is 0. The Morgan fingerprint density at radius 2 is 1.76 bits per heavy atom. The topological polar surface area (TPSA) is 33.7 Å². The molecule has 0 saturated carbocycles. The molecule has 1 aliphatic heterocycles. The van der Waals surface area contributed by atoms with E-state index in [9.17, 15) is 0 Å². The van der Waals surface area contributed by atoms with Crippen LogP contribution in [0.4, 0.5) is 0 Å². The minimum Gasteiger partial charge on any atom is -0.497 e. The molecule has 0 aliphatic carbocycles. The summed E-state index contributed by atoms with van der Waals surface area (Å²) >= 11 is 0. The highest BCUT2D eigenvalue weighted by Crippen LogP contribution is 2.18. The Labute approximate surface area is 134 Å². The van der Waals surface area contributed by atoms with E-state index in [1.54, 1.807) is 7.11 Å². The van der Waals surface area contributed by atoms with Crippen LogP contribution in [0, 0.1) is 5.92 Å². The first kappa shape index (κ1) is 18.1. The molecule has 5 heteroatoms. The first-order chi connectivity index (χ1) is 9.81. The number of benzene rings is 1. The van der Waals surface area contributed by atoms with Crippen LogP contribution in [0.3, 0.4) is 0 Å². The molecule has 4 nitrogen and oxygen atoms in total. The zero-order valence-electron chi connectivity index (χ0n) is 13.0. The Morgan fingerprint density at radius 1 is 1.14 bits per heavy atom. The molecule has 1 aromatic carbocycles. The van der Waals surface area contributed by atoms with E-state index in [-0.39, 0.29) is 12.4 Å². The van der Waals surface area contributed by atoms with Crippen molar-refractivity contribution in [2.75, 3.05) is 46.9 Å². The number of likely N-dealkylation sites (tertiary alicyclic amines) is 1. The van der Waals surface area contributed by atoms with Crippen LogP contribution in [0.5, 0.6) is 11.5 Å².